The summed E-state index contributed by atoms with van der Waals surface area (Å²) in [6.45, 7) is 4.22. The van der Waals surface area contributed by atoms with Crippen LogP contribution in [0.3, 0.4) is 0 Å². The number of nitrogens with zero attached hydrogens (tertiary/aromatic N) is 1. The number of benzene rings is 1. The van der Waals surface area contributed by atoms with E-state index < -0.39 is 0 Å². The molecule has 0 aliphatic carbocycles. The van der Waals surface area contributed by atoms with Gasteiger partial charge in [0.1, 0.15) is 0 Å². The molecule has 1 aromatic rings. The Morgan fingerprint density at radius 3 is 2.50 bits per heavy atom. The molecule has 0 aromatic heterocycles. The first-order valence-corrected chi connectivity index (χ1v) is 5.17. The number of hydrogen-bond acceptors (Lipinski definition) is 1. The lowest BCUT2D eigenvalue weighted by Crippen LogP contribution is -2.01. The second-order valence-corrected chi connectivity index (χ2v) is 4.24. The van der Waals surface area contributed by atoms with Gasteiger partial charge in [-0.3, -0.25) is 0 Å². The Labute approximate surface area is 90.3 Å². The Morgan fingerprint density at radius 2 is 2.00 bits per heavy atom. The van der Waals surface area contributed by atoms with Gasteiger partial charge in [-0.25, -0.2) is 0 Å². The molecule has 1 atom stereocenters. The number of rotatable bonds is 3. The van der Waals surface area contributed by atoms with Gasteiger partial charge >= 0.3 is 0 Å². The fourth-order valence-corrected chi connectivity index (χ4v) is 1.75. The first kappa shape index (κ1) is 11.1. The Balaban J connectivity index is 2.91. The molecule has 0 amide bonds. The molecule has 0 saturated carbocycles. The van der Waals surface area contributed by atoms with Gasteiger partial charge in [-0.1, -0.05) is 43.6 Å². The van der Waals surface area contributed by atoms with E-state index in [1.165, 1.54) is 0 Å². The van der Waals surface area contributed by atoms with E-state index in [-0.39, 0.29) is 5.92 Å². The van der Waals surface area contributed by atoms with Gasteiger partial charge in [-0.15, -0.1) is 0 Å². The molecule has 74 valence electrons. The van der Waals surface area contributed by atoms with Crippen LogP contribution >= 0.6 is 11.6 Å². The second-order valence-electron chi connectivity index (χ2n) is 3.83. The third-order valence-electron chi connectivity index (χ3n) is 2.14. The lowest BCUT2D eigenvalue weighted by molar-refractivity contribution is 0.555. The van der Waals surface area contributed by atoms with Crippen LogP contribution in [0, 0.1) is 17.2 Å². The van der Waals surface area contributed by atoms with Crippen molar-refractivity contribution in [3.8, 4) is 6.07 Å². The van der Waals surface area contributed by atoms with Gasteiger partial charge in [-0.05, 0) is 24.0 Å². The van der Waals surface area contributed by atoms with Gasteiger partial charge in [0, 0.05) is 5.02 Å². The van der Waals surface area contributed by atoms with Crippen molar-refractivity contribution in [1.82, 2.24) is 0 Å². The highest BCUT2D eigenvalue weighted by molar-refractivity contribution is 6.31. The molecule has 0 spiro atoms. The molecule has 1 aromatic carbocycles. The lowest BCUT2D eigenvalue weighted by Gasteiger charge is -2.12. The van der Waals surface area contributed by atoms with Crippen LogP contribution in [-0.4, -0.2) is 0 Å². The SMILES string of the molecule is CC(C)CC(C#N)c1ccccc1Cl. The van der Waals surface area contributed by atoms with Crippen molar-refractivity contribution in [1.29, 1.82) is 5.26 Å². The Hall–Kier alpha value is -1.00. The molecule has 0 saturated heterocycles. The van der Waals surface area contributed by atoms with E-state index in [9.17, 15) is 0 Å². The molecule has 2 heteroatoms. The lowest BCUT2D eigenvalue weighted by atomic mass is 9.91. The van der Waals surface area contributed by atoms with Crippen molar-refractivity contribution < 1.29 is 0 Å². The van der Waals surface area contributed by atoms with Gasteiger partial charge < -0.3 is 0 Å². The smallest absolute Gasteiger partial charge is 0.0729 e. The van der Waals surface area contributed by atoms with Crippen LogP contribution in [0.15, 0.2) is 24.3 Å². The van der Waals surface area contributed by atoms with E-state index >= 15 is 0 Å². The number of halogens is 1. The highest BCUT2D eigenvalue weighted by Crippen LogP contribution is 2.28. The summed E-state index contributed by atoms with van der Waals surface area (Å²) < 4.78 is 0. The third-order valence-corrected chi connectivity index (χ3v) is 2.49. The summed E-state index contributed by atoms with van der Waals surface area (Å²) in [5.74, 6) is 0.430. The Morgan fingerprint density at radius 1 is 1.36 bits per heavy atom. The standard InChI is InChI=1S/C12H14ClN/c1-9(2)7-10(8-14)11-5-3-4-6-12(11)13/h3-6,9-10H,7H2,1-2H3. The van der Waals surface area contributed by atoms with E-state index in [1.54, 1.807) is 0 Å². The molecule has 14 heavy (non-hydrogen) atoms. The van der Waals surface area contributed by atoms with Crippen molar-refractivity contribution in [2.24, 2.45) is 5.92 Å². The molecule has 0 heterocycles. The zero-order chi connectivity index (χ0) is 10.6. The molecule has 0 radical (unpaired) electrons. The largest absolute Gasteiger partial charge is 0.198 e. The summed E-state index contributed by atoms with van der Waals surface area (Å²) in [5.41, 5.74) is 0.949. The van der Waals surface area contributed by atoms with Crippen LogP contribution in [0.4, 0.5) is 0 Å². The third kappa shape index (κ3) is 2.75. The monoisotopic (exact) mass is 207 g/mol. The molecule has 1 rings (SSSR count). The topological polar surface area (TPSA) is 23.8 Å². The zero-order valence-electron chi connectivity index (χ0n) is 8.50. The van der Waals surface area contributed by atoms with Crippen molar-refractivity contribution in [3.63, 3.8) is 0 Å². The normalized spacial score (nSPS) is 12.5. The van der Waals surface area contributed by atoms with Crippen LogP contribution in [0.1, 0.15) is 31.7 Å². The van der Waals surface area contributed by atoms with E-state index in [1.807, 2.05) is 24.3 Å². The van der Waals surface area contributed by atoms with Gasteiger partial charge in [0.25, 0.3) is 0 Å². The summed E-state index contributed by atoms with van der Waals surface area (Å²) in [5, 5.41) is 9.74. The van der Waals surface area contributed by atoms with Crippen LogP contribution in [-0.2, 0) is 0 Å². The summed E-state index contributed by atoms with van der Waals surface area (Å²) in [4.78, 5) is 0. The van der Waals surface area contributed by atoms with Crippen molar-refractivity contribution in [2.75, 3.05) is 0 Å². The number of nitriles is 1. The molecule has 1 unspecified atom stereocenters. The molecule has 0 fully saturated rings. The van der Waals surface area contributed by atoms with E-state index in [2.05, 4.69) is 19.9 Å². The second kappa shape index (κ2) is 5.02. The predicted octanol–water partition coefficient (Wildman–Crippen LogP) is 3.99. The minimum atomic E-state index is -0.0799. The Bertz CT molecular complexity index is 338. The maximum Gasteiger partial charge on any atom is 0.0729 e. The van der Waals surface area contributed by atoms with Gasteiger partial charge in [0.05, 0.1) is 12.0 Å². The fraction of sp³-hybridized carbons (Fsp3) is 0.417. The predicted molar refractivity (Wildman–Crippen MR) is 59.3 cm³/mol. The highest BCUT2D eigenvalue weighted by Gasteiger charge is 2.14. The summed E-state index contributed by atoms with van der Waals surface area (Å²) in [6.07, 6.45) is 0.861. The molecular weight excluding hydrogens is 194 g/mol. The summed E-state index contributed by atoms with van der Waals surface area (Å²) >= 11 is 6.03. The Kier molecular flexibility index (Phi) is 3.98. The van der Waals surface area contributed by atoms with Gasteiger partial charge in [0.2, 0.25) is 0 Å². The van der Waals surface area contributed by atoms with Crippen molar-refractivity contribution in [3.05, 3.63) is 34.9 Å². The van der Waals surface area contributed by atoms with E-state index in [0.717, 1.165) is 12.0 Å². The summed E-state index contributed by atoms with van der Waals surface area (Å²) in [6, 6.07) is 9.88. The van der Waals surface area contributed by atoms with E-state index in [4.69, 9.17) is 16.9 Å². The van der Waals surface area contributed by atoms with Crippen LogP contribution in [0.5, 0.6) is 0 Å². The minimum absolute atomic E-state index is 0.0799. The van der Waals surface area contributed by atoms with Crippen LogP contribution in [0.2, 0.25) is 5.02 Å². The molecule has 1 nitrogen and oxygen atoms in total. The average molecular weight is 208 g/mol. The fourth-order valence-electron chi connectivity index (χ4n) is 1.48. The molecule has 0 aliphatic heterocycles. The first-order chi connectivity index (χ1) is 6.65. The average Bonchev–Trinajstić information content (AvgIpc) is 2.15. The zero-order valence-corrected chi connectivity index (χ0v) is 9.25. The van der Waals surface area contributed by atoms with Crippen molar-refractivity contribution in [2.45, 2.75) is 26.2 Å². The molecular formula is C12H14ClN. The highest BCUT2D eigenvalue weighted by atomic mass is 35.5. The summed E-state index contributed by atoms with van der Waals surface area (Å²) in [7, 11) is 0. The minimum Gasteiger partial charge on any atom is -0.198 e. The van der Waals surface area contributed by atoms with Gasteiger partial charge in [-0.2, -0.15) is 5.26 Å². The maximum absolute atomic E-state index is 9.04. The molecule has 0 bridgehead atoms. The molecule has 0 aliphatic rings. The first-order valence-electron chi connectivity index (χ1n) is 4.79. The van der Waals surface area contributed by atoms with Gasteiger partial charge in [0.15, 0.2) is 0 Å². The van der Waals surface area contributed by atoms with Crippen molar-refractivity contribution >= 4 is 11.6 Å². The quantitative estimate of drug-likeness (QED) is 0.735. The molecule has 0 N–H and O–H groups in total. The van der Waals surface area contributed by atoms with Crippen LogP contribution < -0.4 is 0 Å². The van der Waals surface area contributed by atoms with Crippen LogP contribution in [0.25, 0.3) is 0 Å². The maximum atomic E-state index is 9.04. The number of hydrogen-bond donors (Lipinski definition) is 0. The van der Waals surface area contributed by atoms with E-state index in [0.29, 0.717) is 10.9 Å².